The van der Waals surface area contributed by atoms with Gasteiger partial charge in [-0.25, -0.2) is 9.32 Å². The Labute approximate surface area is 124 Å². The third-order valence-electron chi connectivity index (χ3n) is 3.52. The molecule has 0 radical (unpaired) electrons. The maximum Gasteiger partial charge on any atom is 0.330 e. The number of aromatic nitrogens is 2. The minimum Gasteiger partial charge on any atom is -0.622 e. The molecule has 21 heavy (non-hydrogen) atoms. The highest BCUT2D eigenvalue weighted by Crippen LogP contribution is 2.70. The van der Waals surface area contributed by atoms with E-state index in [-0.39, 0.29) is 18.0 Å². The second-order valence-corrected chi connectivity index (χ2v) is 9.22. The molecule has 2 aliphatic heterocycles. The molecule has 8 nitrogen and oxygen atoms in total. The van der Waals surface area contributed by atoms with Gasteiger partial charge in [-0.3, -0.25) is 14.3 Å². The lowest BCUT2D eigenvalue weighted by Gasteiger charge is -2.32. The third-order valence-corrected chi connectivity index (χ3v) is 7.81. The number of hydrogen-bond donors (Lipinski definition) is 1. The van der Waals surface area contributed by atoms with Crippen molar-refractivity contribution in [3.8, 4) is 0 Å². The van der Waals surface area contributed by atoms with Crippen molar-refractivity contribution < 1.29 is 18.7 Å². The molecule has 2 unspecified atom stereocenters. The van der Waals surface area contributed by atoms with Gasteiger partial charge in [0.25, 0.3) is 12.7 Å². The summed E-state index contributed by atoms with van der Waals surface area (Å²) in [4.78, 5) is 37.6. The first-order chi connectivity index (χ1) is 9.92. The molecule has 116 valence electrons. The number of fused-ring (bicyclic) bond motifs is 1. The molecular formula is C11H15N2O6PS. The minimum atomic E-state index is -3.12. The molecule has 2 fully saturated rings. The third kappa shape index (κ3) is 2.81. The van der Waals surface area contributed by atoms with Crippen LogP contribution in [0.15, 0.2) is 15.8 Å². The van der Waals surface area contributed by atoms with Gasteiger partial charge < -0.3 is 9.63 Å². The van der Waals surface area contributed by atoms with E-state index in [9.17, 15) is 14.5 Å². The van der Waals surface area contributed by atoms with Gasteiger partial charge in [0.2, 0.25) is 0 Å². The Kier molecular flexibility index (Phi) is 3.98. The smallest absolute Gasteiger partial charge is 0.330 e. The highest BCUT2D eigenvalue weighted by molar-refractivity contribution is 8.57. The highest BCUT2D eigenvalue weighted by atomic mass is 32.7. The maximum atomic E-state index is 12.1. The molecule has 0 aromatic carbocycles. The van der Waals surface area contributed by atoms with Crippen molar-refractivity contribution in [2.45, 2.75) is 30.9 Å². The monoisotopic (exact) mass is 334 g/mol. The first kappa shape index (κ1) is 15.2. The zero-order valence-corrected chi connectivity index (χ0v) is 13.2. The molecule has 4 atom stereocenters. The Morgan fingerprint density at radius 3 is 3.05 bits per heavy atom. The Balaban J connectivity index is 1.83. The van der Waals surface area contributed by atoms with Gasteiger partial charge in [0.15, 0.2) is 0 Å². The van der Waals surface area contributed by atoms with Crippen LogP contribution >= 0.6 is 18.5 Å². The predicted molar refractivity (Wildman–Crippen MR) is 75.8 cm³/mol. The van der Waals surface area contributed by atoms with Crippen LogP contribution in [-0.4, -0.2) is 34.6 Å². The topological polar surface area (TPSA) is 106 Å². The number of rotatable bonds is 2. The summed E-state index contributed by atoms with van der Waals surface area (Å²) in [5, 5.41) is -0.0753. The van der Waals surface area contributed by atoms with E-state index in [4.69, 9.17) is 13.8 Å². The van der Waals surface area contributed by atoms with Gasteiger partial charge in [0.05, 0.1) is 23.7 Å². The van der Waals surface area contributed by atoms with Crippen molar-refractivity contribution in [1.82, 2.24) is 9.55 Å². The van der Waals surface area contributed by atoms with Crippen molar-refractivity contribution >= 4 is 18.5 Å². The first-order valence-corrected chi connectivity index (χ1v) is 9.41. The summed E-state index contributed by atoms with van der Waals surface area (Å²) >= 11 is 1.11. The molecule has 0 bridgehead atoms. The van der Waals surface area contributed by atoms with Crippen LogP contribution < -0.4 is 16.1 Å². The molecule has 2 saturated heterocycles. The summed E-state index contributed by atoms with van der Waals surface area (Å²) in [6.45, 7) is 1.78. The summed E-state index contributed by atoms with van der Waals surface area (Å²) < 4.78 is 17.3. The molecule has 1 aromatic heterocycles. The first-order valence-electron chi connectivity index (χ1n) is 6.38. The second kappa shape index (κ2) is 5.49. The number of aromatic amines is 1. The molecule has 0 aliphatic carbocycles. The summed E-state index contributed by atoms with van der Waals surface area (Å²) in [7, 11) is -1.78. The average molecular weight is 334 g/mol. The Bertz CT molecular complexity index is 663. The van der Waals surface area contributed by atoms with E-state index < -0.39 is 24.6 Å². The predicted octanol–water partition coefficient (Wildman–Crippen LogP) is -0.0512. The number of H-pyrrole nitrogens is 1. The molecule has 3 heterocycles. The fourth-order valence-corrected chi connectivity index (χ4v) is 6.12. The van der Waals surface area contributed by atoms with Crippen LogP contribution in [0.25, 0.3) is 0 Å². The van der Waals surface area contributed by atoms with E-state index in [1.807, 2.05) is 0 Å². The molecule has 3 rings (SSSR count). The van der Waals surface area contributed by atoms with Crippen molar-refractivity contribution in [1.29, 1.82) is 0 Å². The van der Waals surface area contributed by atoms with Gasteiger partial charge in [-0.1, -0.05) is 0 Å². The van der Waals surface area contributed by atoms with Crippen LogP contribution in [-0.2, 0) is 13.8 Å². The van der Waals surface area contributed by atoms with Gasteiger partial charge in [-0.05, 0) is 6.92 Å². The van der Waals surface area contributed by atoms with E-state index in [2.05, 4.69) is 4.98 Å². The van der Waals surface area contributed by atoms with Gasteiger partial charge >= 0.3 is 5.69 Å². The number of ether oxygens (including phenoxy) is 1. The fraction of sp³-hybridized carbons (Fsp3) is 0.636. The van der Waals surface area contributed by atoms with Crippen LogP contribution in [0, 0.1) is 6.92 Å². The second-order valence-electron chi connectivity index (χ2n) is 4.91. The molecule has 0 spiro atoms. The Morgan fingerprint density at radius 2 is 2.33 bits per heavy atom. The number of aryl methyl sites for hydroxylation is 1. The molecule has 0 amide bonds. The summed E-state index contributed by atoms with van der Waals surface area (Å²) in [6, 6.07) is 0. The maximum absolute atomic E-state index is 12.1. The van der Waals surface area contributed by atoms with Gasteiger partial charge in [0, 0.05) is 18.2 Å². The van der Waals surface area contributed by atoms with Gasteiger partial charge in [-0.2, -0.15) is 4.52 Å². The molecule has 10 heteroatoms. The van der Waals surface area contributed by atoms with Crippen molar-refractivity contribution in [2.24, 2.45) is 0 Å². The van der Waals surface area contributed by atoms with E-state index in [1.165, 1.54) is 17.9 Å². The molecule has 1 N–H and O–H groups in total. The van der Waals surface area contributed by atoms with Crippen molar-refractivity contribution in [3.63, 3.8) is 0 Å². The van der Waals surface area contributed by atoms with E-state index >= 15 is 0 Å². The van der Waals surface area contributed by atoms with Crippen LogP contribution in [0.2, 0.25) is 0 Å². The van der Waals surface area contributed by atoms with Gasteiger partial charge in [0.1, 0.15) is 18.9 Å². The largest absolute Gasteiger partial charge is 0.622 e. The van der Waals surface area contributed by atoms with Crippen molar-refractivity contribution in [3.05, 3.63) is 32.6 Å². The zero-order valence-electron chi connectivity index (χ0n) is 11.5. The molecule has 1 aromatic rings. The number of nitrogens with zero attached hydrogens (tertiary/aromatic N) is 1. The average Bonchev–Trinajstić information content (AvgIpc) is 2.85. The lowest BCUT2D eigenvalue weighted by Crippen LogP contribution is -2.34. The van der Waals surface area contributed by atoms with Crippen LogP contribution in [0.4, 0.5) is 0 Å². The van der Waals surface area contributed by atoms with E-state index in [0.717, 1.165) is 11.4 Å². The van der Waals surface area contributed by atoms with Crippen molar-refractivity contribution in [2.75, 3.05) is 13.7 Å². The van der Waals surface area contributed by atoms with E-state index in [1.54, 1.807) is 6.92 Å². The van der Waals surface area contributed by atoms with Gasteiger partial charge in [-0.15, -0.1) is 0 Å². The highest BCUT2D eigenvalue weighted by Gasteiger charge is 2.50. The van der Waals surface area contributed by atoms with Crippen LogP contribution in [0.5, 0.6) is 0 Å². The quantitative estimate of drug-likeness (QED) is 0.756. The summed E-state index contributed by atoms with van der Waals surface area (Å²) in [5.74, 6) is 0. The lowest BCUT2D eigenvalue weighted by atomic mass is 10.2. The molecular weight excluding hydrogens is 319 g/mol. The summed E-state index contributed by atoms with van der Waals surface area (Å²) in [5.41, 5.74) is -0.497. The van der Waals surface area contributed by atoms with E-state index in [0.29, 0.717) is 12.0 Å². The Morgan fingerprint density at radius 1 is 1.57 bits per heavy atom. The fourth-order valence-electron chi connectivity index (χ4n) is 2.39. The zero-order chi connectivity index (χ0) is 15.2. The summed E-state index contributed by atoms with van der Waals surface area (Å²) in [6.07, 6.45) is 1.21. The standard InChI is InChI=1S/C11H15N2O6PS/c1-6-4-13(11(15)12-10(6)14)9-3-8-7(19-9)5-18-20(16,17-2)21-8/h4,7-9H,3,5H2,1-2H3,(H,12,14,15)/t7-,8+,9?,20?/m1/s1. The van der Waals surface area contributed by atoms with Crippen LogP contribution in [0.1, 0.15) is 18.2 Å². The SMILES string of the molecule is CO[P+]1([O-])OC[C@H]2OC(n3cc(C)c(=O)[nH]c3=O)C[C@@H]2S1. The minimum absolute atomic E-state index is 0.0753. The molecule has 0 saturated carbocycles. The number of hydrogen-bond acceptors (Lipinski definition) is 7. The molecule has 2 aliphatic rings. The normalized spacial score (nSPS) is 35.7. The Hall–Kier alpha value is -0.700. The lowest BCUT2D eigenvalue weighted by molar-refractivity contribution is -0.210. The van der Waals surface area contributed by atoms with Crippen LogP contribution in [0.3, 0.4) is 0 Å². The number of nitrogens with one attached hydrogen (secondary N) is 1.